The van der Waals surface area contributed by atoms with Gasteiger partial charge in [-0.2, -0.15) is 4.37 Å². The first kappa shape index (κ1) is 25.2. The Balaban J connectivity index is 1.58. The van der Waals surface area contributed by atoms with Crippen molar-refractivity contribution in [2.24, 2.45) is 0 Å². The normalized spacial score (nSPS) is 17.7. The fourth-order valence-electron chi connectivity index (χ4n) is 5.03. The highest BCUT2D eigenvalue weighted by molar-refractivity contribution is 7.09. The summed E-state index contributed by atoms with van der Waals surface area (Å²) in [6.45, 7) is 3.66. The number of benzene rings is 1. The summed E-state index contributed by atoms with van der Waals surface area (Å²) in [5.41, 5.74) is 8.00. The van der Waals surface area contributed by atoms with E-state index in [1.807, 2.05) is 25.1 Å². The standard InChI is InChI=1S/C26H35N5O3S/c1-16-9-8-14-20(15-16)31(17(2)24(32)28-18-10-4-3-5-11-18)26(34)23-21(27)22(30-35-23)25(33)29-19-12-6-7-13-19/h8-9,14-15,17-19H,3-7,10-13,27H2,1-2H3,(H,28,32)(H,29,33)/t17-/m1/s1. The van der Waals surface area contributed by atoms with Crippen LogP contribution >= 0.6 is 11.5 Å². The summed E-state index contributed by atoms with van der Waals surface area (Å²) < 4.78 is 4.23. The molecule has 2 aliphatic rings. The number of carbonyl (C=O) groups is 3. The van der Waals surface area contributed by atoms with Gasteiger partial charge in [0.15, 0.2) is 5.69 Å². The van der Waals surface area contributed by atoms with E-state index in [-0.39, 0.29) is 40.2 Å². The van der Waals surface area contributed by atoms with Gasteiger partial charge in [-0.25, -0.2) is 0 Å². The zero-order chi connectivity index (χ0) is 24.9. The van der Waals surface area contributed by atoms with Crippen molar-refractivity contribution in [3.63, 3.8) is 0 Å². The number of carbonyl (C=O) groups excluding carboxylic acids is 3. The Kier molecular flexibility index (Phi) is 8.05. The van der Waals surface area contributed by atoms with Gasteiger partial charge >= 0.3 is 0 Å². The van der Waals surface area contributed by atoms with Crippen LogP contribution in [0, 0.1) is 6.92 Å². The van der Waals surface area contributed by atoms with Crippen molar-refractivity contribution in [3.05, 3.63) is 40.4 Å². The van der Waals surface area contributed by atoms with Crippen molar-refractivity contribution >= 4 is 40.6 Å². The van der Waals surface area contributed by atoms with E-state index in [2.05, 4.69) is 15.0 Å². The molecule has 9 heteroatoms. The number of nitrogen functional groups attached to an aromatic ring is 1. The predicted molar refractivity (Wildman–Crippen MR) is 139 cm³/mol. The van der Waals surface area contributed by atoms with E-state index in [1.54, 1.807) is 13.0 Å². The van der Waals surface area contributed by atoms with Crippen LogP contribution in [0.15, 0.2) is 24.3 Å². The Labute approximate surface area is 210 Å². The number of anilines is 2. The van der Waals surface area contributed by atoms with Gasteiger partial charge in [-0.3, -0.25) is 19.3 Å². The van der Waals surface area contributed by atoms with Crippen LogP contribution in [0.5, 0.6) is 0 Å². The minimum absolute atomic E-state index is 0.0630. The maximum absolute atomic E-state index is 13.8. The van der Waals surface area contributed by atoms with E-state index < -0.39 is 11.9 Å². The fraction of sp³-hybridized carbons (Fsp3) is 0.538. The van der Waals surface area contributed by atoms with Crippen LogP contribution in [-0.4, -0.2) is 40.2 Å². The molecule has 3 amide bonds. The van der Waals surface area contributed by atoms with Crippen molar-refractivity contribution < 1.29 is 14.4 Å². The number of nitrogens with one attached hydrogen (secondary N) is 2. The zero-order valence-corrected chi connectivity index (χ0v) is 21.3. The molecular formula is C26H35N5O3S. The Bertz CT molecular complexity index is 1070. The third-order valence-electron chi connectivity index (χ3n) is 7.04. The Hall–Kier alpha value is -2.94. The van der Waals surface area contributed by atoms with Crippen molar-refractivity contribution in [3.8, 4) is 0 Å². The van der Waals surface area contributed by atoms with Gasteiger partial charge in [0.05, 0.1) is 5.69 Å². The summed E-state index contributed by atoms with van der Waals surface area (Å²) in [5.74, 6) is -0.985. The first-order valence-electron chi connectivity index (χ1n) is 12.6. The molecule has 2 aromatic rings. The molecule has 0 saturated heterocycles. The third-order valence-corrected chi connectivity index (χ3v) is 7.90. The van der Waals surface area contributed by atoms with E-state index in [4.69, 9.17) is 5.73 Å². The lowest BCUT2D eigenvalue weighted by molar-refractivity contribution is -0.122. The van der Waals surface area contributed by atoms with Gasteiger partial charge in [0, 0.05) is 17.8 Å². The molecule has 2 aliphatic carbocycles. The predicted octanol–water partition coefficient (Wildman–Crippen LogP) is 4.19. The summed E-state index contributed by atoms with van der Waals surface area (Å²) in [6, 6.07) is 6.96. The number of amides is 3. The SMILES string of the molecule is Cc1cccc(N(C(=O)c2snc(C(=O)NC3CCCC3)c2N)[C@H](C)C(=O)NC2CCCCC2)c1. The molecule has 2 saturated carbocycles. The summed E-state index contributed by atoms with van der Waals surface area (Å²) in [5, 5.41) is 6.11. The molecule has 0 unspecified atom stereocenters. The molecule has 2 fully saturated rings. The topological polar surface area (TPSA) is 117 Å². The summed E-state index contributed by atoms with van der Waals surface area (Å²) in [4.78, 5) is 41.4. The minimum atomic E-state index is -0.761. The van der Waals surface area contributed by atoms with Crippen LogP contribution in [0.3, 0.4) is 0 Å². The van der Waals surface area contributed by atoms with Gasteiger partial charge in [-0.05, 0) is 68.8 Å². The summed E-state index contributed by atoms with van der Waals surface area (Å²) in [6.07, 6.45) is 9.37. The van der Waals surface area contributed by atoms with E-state index in [0.717, 1.165) is 68.5 Å². The molecule has 35 heavy (non-hydrogen) atoms. The average Bonchev–Trinajstić information content (AvgIpc) is 3.49. The quantitative estimate of drug-likeness (QED) is 0.530. The first-order chi connectivity index (χ1) is 16.8. The second kappa shape index (κ2) is 11.2. The van der Waals surface area contributed by atoms with E-state index in [9.17, 15) is 14.4 Å². The second-order valence-corrected chi connectivity index (χ2v) is 10.5. The number of nitrogens with two attached hydrogens (primary N) is 1. The minimum Gasteiger partial charge on any atom is -0.395 e. The zero-order valence-electron chi connectivity index (χ0n) is 20.5. The molecule has 8 nitrogen and oxygen atoms in total. The van der Waals surface area contributed by atoms with Crippen LogP contribution in [0.4, 0.5) is 11.4 Å². The highest BCUT2D eigenvalue weighted by atomic mass is 32.1. The van der Waals surface area contributed by atoms with E-state index >= 15 is 0 Å². The number of hydrogen-bond acceptors (Lipinski definition) is 6. The lowest BCUT2D eigenvalue weighted by Gasteiger charge is -2.31. The van der Waals surface area contributed by atoms with Crippen LogP contribution in [0.25, 0.3) is 0 Å². The fourth-order valence-corrected chi connectivity index (χ4v) is 5.76. The van der Waals surface area contributed by atoms with Crippen molar-refractivity contribution in [1.82, 2.24) is 15.0 Å². The summed E-state index contributed by atoms with van der Waals surface area (Å²) >= 11 is 0.904. The smallest absolute Gasteiger partial charge is 0.273 e. The van der Waals surface area contributed by atoms with Gasteiger partial charge in [-0.1, -0.05) is 44.2 Å². The maximum atomic E-state index is 13.8. The molecule has 0 spiro atoms. The summed E-state index contributed by atoms with van der Waals surface area (Å²) in [7, 11) is 0. The largest absolute Gasteiger partial charge is 0.395 e. The van der Waals surface area contributed by atoms with Crippen LogP contribution in [-0.2, 0) is 4.79 Å². The van der Waals surface area contributed by atoms with Gasteiger partial charge < -0.3 is 16.4 Å². The highest BCUT2D eigenvalue weighted by Gasteiger charge is 2.33. The highest BCUT2D eigenvalue weighted by Crippen LogP contribution is 2.29. The van der Waals surface area contributed by atoms with Crippen molar-refractivity contribution in [2.45, 2.75) is 89.8 Å². The van der Waals surface area contributed by atoms with E-state index in [1.165, 1.54) is 11.3 Å². The molecule has 4 N–H and O–H groups in total. The van der Waals surface area contributed by atoms with Gasteiger partial charge in [-0.15, -0.1) is 0 Å². The molecule has 0 bridgehead atoms. The van der Waals surface area contributed by atoms with Gasteiger partial charge in [0.1, 0.15) is 10.9 Å². The first-order valence-corrected chi connectivity index (χ1v) is 13.4. The van der Waals surface area contributed by atoms with Gasteiger partial charge in [0.25, 0.3) is 11.8 Å². The lowest BCUT2D eigenvalue weighted by Crippen LogP contribution is -2.51. The Morgan fingerprint density at radius 2 is 1.66 bits per heavy atom. The third kappa shape index (κ3) is 5.83. The van der Waals surface area contributed by atoms with E-state index in [0.29, 0.717) is 5.69 Å². The monoisotopic (exact) mass is 497 g/mol. The van der Waals surface area contributed by atoms with Crippen LogP contribution < -0.4 is 21.3 Å². The number of aryl methyl sites for hydroxylation is 1. The number of hydrogen-bond donors (Lipinski definition) is 3. The molecule has 1 heterocycles. The van der Waals surface area contributed by atoms with Crippen molar-refractivity contribution in [2.75, 3.05) is 10.6 Å². The second-order valence-electron chi connectivity index (χ2n) is 9.76. The molecule has 188 valence electrons. The number of aromatic nitrogens is 1. The molecule has 1 aromatic carbocycles. The number of rotatable bonds is 7. The van der Waals surface area contributed by atoms with Gasteiger partial charge in [0.2, 0.25) is 5.91 Å². The lowest BCUT2D eigenvalue weighted by atomic mass is 9.95. The maximum Gasteiger partial charge on any atom is 0.273 e. The van der Waals surface area contributed by atoms with Crippen LogP contribution in [0.2, 0.25) is 0 Å². The molecule has 1 atom stereocenters. The molecule has 4 rings (SSSR count). The molecule has 1 aromatic heterocycles. The Morgan fingerprint density at radius 1 is 1.03 bits per heavy atom. The number of nitrogens with zero attached hydrogens (tertiary/aromatic N) is 2. The molecule has 0 radical (unpaired) electrons. The molecular weight excluding hydrogens is 462 g/mol. The van der Waals surface area contributed by atoms with Crippen LogP contribution in [0.1, 0.15) is 90.4 Å². The van der Waals surface area contributed by atoms with Crippen molar-refractivity contribution in [1.29, 1.82) is 0 Å². The molecule has 0 aliphatic heterocycles. The Morgan fingerprint density at radius 3 is 2.31 bits per heavy atom. The average molecular weight is 498 g/mol.